The number of pyridine rings is 1. The van der Waals surface area contributed by atoms with Crippen molar-refractivity contribution in [3.05, 3.63) is 23.9 Å². The monoisotopic (exact) mass is 343 g/mol. The molecule has 2 fully saturated rings. The molecule has 5 nitrogen and oxygen atoms in total. The van der Waals surface area contributed by atoms with Gasteiger partial charge in [0.2, 0.25) is 0 Å². The molecule has 0 aliphatic carbocycles. The second-order valence-corrected chi connectivity index (χ2v) is 8.16. The van der Waals surface area contributed by atoms with Crippen molar-refractivity contribution in [1.29, 1.82) is 0 Å². The Morgan fingerprint density at radius 3 is 2.60 bits per heavy atom. The van der Waals surface area contributed by atoms with Crippen molar-refractivity contribution < 1.29 is 0 Å². The molecule has 2 saturated heterocycles. The van der Waals surface area contributed by atoms with Crippen LogP contribution in [0.1, 0.15) is 51.5 Å². The predicted octanol–water partition coefficient (Wildman–Crippen LogP) is 3.27. The van der Waals surface area contributed by atoms with Crippen molar-refractivity contribution in [1.82, 2.24) is 15.2 Å². The van der Waals surface area contributed by atoms with E-state index in [4.69, 9.17) is 0 Å². The summed E-state index contributed by atoms with van der Waals surface area (Å²) in [7, 11) is 1.88. The lowest BCUT2D eigenvalue weighted by Gasteiger charge is -2.24. The number of nitrogens with zero attached hydrogens (tertiary/aromatic N) is 4. The van der Waals surface area contributed by atoms with Crippen molar-refractivity contribution in [2.45, 2.75) is 52.5 Å². The van der Waals surface area contributed by atoms with Crippen LogP contribution in [0.3, 0.4) is 0 Å². The molecule has 5 heteroatoms. The molecule has 138 valence electrons. The molecule has 0 amide bonds. The van der Waals surface area contributed by atoms with Gasteiger partial charge in [-0.25, -0.2) is 4.98 Å². The van der Waals surface area contributed by atoms with Gasteiger partial charge >= 0.3 is 0 Å². The van der Waals surface area contributed by atoms with E-state index in [1.807, 2.05) is 13.2 Å². The van der Waals surface area contributed by atoms with Crippen LogP contribution in [0.5, 0.6) is 0 Å². The third-order valence-electron chi connectivity index (χ3n) is 5.38. The summed E-state index contributed by atoms with van der Waals surface area (Å²) < 4.78 is 0. The zero-order chi connectivity index (χ0) is 17.7. The third-order valence-corrected chi connectivity index (χ3v) is 5.38. The Labute approximate surface area is 152 Å². The zero-order valence-corrected chi connectivity index (χ0v) is 16.1. The molecule has 0 aromatic carbocycles. The number of likely N-dealkylation sites (tertiary alicyclic amines) is 1. The summed E-state index contributed by atoms with van der Waals surface area (Å²) in [5.74, 6) is 2.14. The summed E-state index contributed by atoms with van der Waals surface area (Å²) in [4.78, 5) is 13.9. The third kappa shape index (κ3) is 4.86. The van der Waals surface area contributed by atoms with E-state index in [-0.39, 0.29) is 0 Å². The lowest BCUT2D eigenvalue weighted by atomic mass is 9.93. The quantitative estimate of drug-likeness (QED) is 0.676. The summed E-state index contributed by atoms with van der Waals surface area (Å²) in [5.41, 5.74) is 1.66. The van der Waals surface area contributed by atoms with Crippen LogP contribution in [-0.2, 0) is 6.54 Å². The molecule has 1 aromatic heterocycles. The number of aromatic nitrogens is 1. The van der Waals surface area contributed by atoms with Gasteiger partial charge in [0.25, 0.3) is 0 Å². The van der Waals surface area contributed by atoms with E-state index in [1.54, 1.807) is 0 Å². The number of hydrogen-bond acceptors (Lipinski definition) is 3. The predicted molar refractivity (Wildman–Crippen MR) is 105 cm³/mol. The molecular formula is C20H33N5. The van der Waals surface area contributed by atoms with E-state index in [0.717, 1.165) is 44.5 Å². The highest BCUT2D eigenvalue weighted by atomic mass is 15.3. The van der Waals surface area contributed by atoms with Crippen LogP contribution in [-0.4, -0.2) is 49.1 Å². The second kappa shape index (κ2) is 8.07. The molecule has 3 rings (SSSR count). The number of hydrogen-bond donors (Lipinski definition) is 1. The van der Waals surface area contributed by atoms with E-state index >= 15 is 0 Å². The number of nitrogens with one attached hydrogen (secondary N) is 1. The van der Waals surface area contributed by atoms with Crippen LogP contribution >= 0.6 is 0 Å². The van der Waals surface area contributed by atoms with E-state index < -0.39 is 0 Å². The first kappa shape index (κ1) is 18.0. The zero-order valence-electron chi connectivity index (χ0n) is 16.1. The van der Waals surface area contributed by atoms with Crippen molar-refractivity contribution in [3.8, 4) is 0 Å². The number of guanidine groups is 1. The number of rotatable bonds is 3. The van der Waals surface area contributed by atoms with Crippen molar-refractivity contribution in [2.24, 2.45) is 10.4 Å². The van der Waals surface area contributed by atoms with Crippen molar-refractivity contribution >= 4 is 11.8 Å². The molecular weight excluding hydrogens is 310 g/mol. The molecule has 3 heterocycles. The maximum absolute atomic E-state index is 4.61. The molecule has 2 aliphatic rings. The Balaban J connectivity index is 1.60. The fourth-order valence-electron chi connectivity index (χ4n) is 3.85. The van der Waals surface area contributed by atoms with Crippen LogP contribution in [0.4, 0.5) is 5.82 Å². The summed E-state index contributed by atoms with van der Waals surface area (Å²) in [5, 5.41) is 3.54. The number of anilines is 1. The molecule has 0 unspecified atom stereocenters. The molecule has 1 aromatic rings. The van der Waals surface area contributed by atoms with Gasteiger partial charge in [0.15, 0.2) is 5.96 Å². The van der Waals surface area contributed by atoms with Gasteiger partial charge < -0.3 is 15.1 Å². The van der Waals surface area contributed by atoms with Gasteiger partial charge in [-0.05, 0) is 42.4 Å². The maximum Gasteiger partial charge on any atom is 0.193 e. The molecule has 0 atom stereocenters. The Morgan fingerprint density at radius 2 is 1.96 bits per heavy atom. The highest BCUT2D eigenvalue weighted by Gasteiger charge is 2.30. The van der Waals surface area contributed by atoms with Gasteiger partial charge in [0.05, 0.1) is 0 Å². The Kier molecular flexibility index (Phi) is 5.82. The van der Waals surface area contributed by atoms with Crippen LogP contribution in [0, 0.1) is 5.41 Å². The average molecular weight is 344 g/mol. The van der Waals surface area contributed by atoms with E-state index in [2.05, 4.69) is 51.1 Å². The summed E-state index contributed by atoms with van der Waals surface area (Å²) in [6.07, 6.45) is 8.42. The molecule has 0 bridgehead atoms. The van der Waals surface area contributed by atoms with E-state index in [9.17, 15) is 0 Å². The second-order valence-electron chi connectivity index (χ2n) is 8.16. The van der Waals surface area contributed by atoms with Gasteiger partial charge in [0, 0.05) is 46.0 Å². The Bertz CT molecular complexity index is 588. The minimum absolute atomic E-state index is 0.383. The minimum atomic E-state index is 0.383. The van der Waals surface area contributed by atoms with E-state index in [0.29, 0.717) is 5.41 Å². The summed E-state index contributed by atoms with van der Waals surface area (Å²) in [6.45, 7) is 9.88. The Morgan fingerprint density at radius 1 is 1.20 bits per heavy atom. The Hall–Kier alpha value is -1.78. The number of aliphatic imine (C=N–C) groups is 1. The van der Waals surface area contributed by atoms with Gasteiger partial charge in [-0.15, -0.1) is 0 Å². The molecule has 0 spiro atoms. The standard InChI is InChI=1S/C20H33N5/c1-20(2)9-13-25(16-20)19(21-3)23-15-17-8-10-22-18(14-17)24-11-6-4-5-7-12-24/h8,10,14H,4-7,9,11-13,15-16H2,1-3H3,(H,21,23). The van der Waals surface area contributed by atoms with Crippen molar-refractivity contribution in [2.75, 3.05) is 38.1 Å². The largest absolute Gasteiger partial charge is 0.357 e. The molecule has 2 aliphatic heterocycles. The molecule has 25 heavy (non-hydrogen) atoms. The highest BCUT2D eigenvalue weighted by Crippen LogP contribution is 2.28. The first-order valence-electron chi connectivity index (χ1n) is 9.73. The summed E-state index contributed by atoms with van der Waals surface area (Å²) in [6, 6.07) is 4.34. The van der Waals surface area contributed by atoms with Crippen LogP contribution in [0.25, 0.3) is 0 Å². The lowest BCUT2D eigenvalue weighted by Crippen LogP contribution is -2.40. The van der Waals surface area contributed by atoms with Gasteiger partial charge in [-0.1, -0.05) is 26.7 Å². The smallest absolute Gasteiger partial charge is 0.193 e. The van der Waals surface area contributed by atoms with Gasteiger partial charge in [-0.3, -0.25) is 4.99 Å². The van der Waals surface area contributed by atoms with Crippen LogP contribution in [0.2, 0.25) is 0 Å². The minimum Gasteiger partial charge on any atom is -0.357 e. The fourth-order valence-corrected chi connectivity index (χ4v) is 3.85. The maximum atomic E-state index is 4.61. The van der Waals surface area contributed by atoms with Gasteiger partial charge in [-0.2, -0.15) is 0 Å². The SMILES string of the molecule is CN=C(NCc1ccnc(N2CCCCCC2)c1)N1CCC(C)(C)C1. The van der Waals surface area contributed by atoms with Crippen LogP contribution < -0.4 is 10.2 Å². The topological polar surface area (TPSA) is 43.8 Å². The van der Waals surface area contributed by atoms with Gasteiger partial charge in [0.1, 0.15) is 5.82 Å². The average Bonchev–Trinajstić information content (AvgIpc) is 2.81. The van der Waals surface area contributed by atoms with E-state index in [1.165, 1.54) is 37.7 Å². The summed E-state index contributed by atoms with van der Waals surface area (Å²) >= 11 is 0. The first-order chi connectivity index (χ1) is 12.1. The first-order valence-corrected chi connectivity index (χ1v) is 9.73. The molecule has 0 radical (unpaired) electrons. The normalized spacial score (nSPS) is 21.3. The molecule has 1 N–H and O–H groups in total. The lowest BCUT2D eigenvalue weighted by molar-refractivity contribution is 0.370. The fraction of sp³-hybridized carbons (Fsp3) is 0.700. The van der Waals surface area contributed by atoms with Crippen LogP contribution in [0.15, 0.2) is 23.3 Å². The molecule has 0 saturated carbocycles. The highest BCUT2D eigenvalue weighted by molar-refractivity contribution is 5.80. The van der Waals surface area contributed by atoms with Crippen molar-refractivity contribution in [3.63, 3.8) is 0 Å².